The Kier molecular flexibility index (Phi) is 5.36. The van der Waals surface area contributed by atoms with Gasteiger partial charge in [-0.1, -0.05) is 29.8 Å². The number of carbonyl (C=O) groups is 1. The average Bonchev–Trinajstić information content (AvgIpc) is 3.09. The topological polar surface area (TPSA) is 85.0 Å². The summed E-state index contributed by atoms with van der Waals surface area (Å²) in [6.07, 6.45) is 1.46. The number of hydrogen-bond acceptors (Lipinski definition) is 6. The van der Waals surface area contributed by atoms with Gasteiger partial charge in [-0.25, -0.2) is 9.78 Å². The van der Waals surface area contributed by atoms with Gasteiger partial charge in [0.1, 0.15) is 15.5 Å². The lowest BCUT2D eigenvalue weighted by atomic mass is 10.2. The highest BCUT2D eigenvalue weighted by atomic mass is 35.5. The molecule has 0 saturated heterocycles. The maximum atomic E-state index is 13.0. The predicted molar refractivity (Wildman–Crippen MR) is 115 cm³/mol. The minimum atomic E-state index is -0.572. The standard InChI is InChI=1S/C22H14ClN3O3S/c1-13-18-20(25-12-26(21(18)27)11-15-4-2-3-5-17(15)23)30-19(13)22(28)29-16-8-6-14(10-24)7-9-16/h2-9,12H,11H2,1H3. The minimum Gasteiger partial charge on any atom is -0.422 e. The zero-order valence-corrected chi connectivity index (χ0v) is 17.3. The van der Waals surface area contributed by atoms with Gasteiger partial charge in [0.15, 0.2) is 0 Å². The van der Waals surface area contributed by atoms with Crippen molar-refractivity contribution in [1.29, 1.82) is 5.26 Å². The summed E-state index contributed by atoms with van der Waals surface area (Å²) in [4.78, 5) is 30.8. The Balaban J connectivity index is 1.67. The molecule has 30 heavy (non-hydrogen) atoms. The molecule has 0 saturated carbocycles. The van der Waals surface area contributed by atoms with Crippen molar-refractivity contribution < 1.29 is 9.53 Å². The number of carbonyl (C=O) groups excluding carboxylic acids is 1. The normalized spacial score (nSPS) is 10.7. The first-order chi connectivity index (χ1) is 14.5. The van der Waals surface area contributed by atoms with Crippen molar-refractivity contribution >= 4 is 39.1 Å². The lowest BCUT2D eigenvalue weighted by Gasteiger charge is -2.07. The molecule has 0 amide bonds. The van der Waals surface area contributed by atoms with Gasteiger partial charge < -0.3 is 4.74 Å². The van der Waals surface area contributed by atoms with Crippen LogP contribution in [0.25, 0.3) is 10.2 Å². The highest BCUT2D eigenvalue weighted by molar-refractivity contribution is 7.20. The van der Waals surface area contributed by atoms with Gasteiger partial charge >= 0.3 is 5.97 Å². The fraction of sp³-hybridized carbons (Fsp3) is 0.0909. The summed E-state index contributed by atoms with van der Waals surface area (Å²) in [7, 11) is 0. The van der Waals surface area contributed by atoms with Crippen molar-refractivity contribution in [3.05, 3.63) is 91.8 Å². The van der Waals surface area contributed by atoms with E-state index in [-0.39, 0.29) is 12.1 Å². The van der Waals surface area contributed by atoms with Gasteiger partial charge in [-0.2, -0.15) is 5.26 Å². The molecule has 0 radical (unpaired) electrons. The van der Waals surface area contributed by atoms with E-state index >= 15 is 0 Å². The molecule has 0 aliphatic rings. The van der Waals surface area contributed by atoms with E-state index in [1.165, 1.54) is 10.9 Å². The monoisotopic (exact) mass is 435 g/mol. The van der Waals surface area contributed by atoms with E-state index < -0.39 is 5.97 Å². The average molecular weight is 436 g/mol. The Morgan fingerprint density at radius 3 is 2.67 bits per heavy atom. The number of halogens is 1. The van der Waals surface area contributed by atoms with Crippen LogP contribution in [0.15, 0.2) is 59.7 Å². The van der Waals surface area contributed by atoms with Crippen LogP contribution in [0.3, 0.4) is 0 Å². The third-order valence-electron chi connectivity index (χ3n) is 4.60. The molecule has 2 aromatic heterocycles. The van der Waals surface area contributed by atoms with Gasteiger partial charge in [0.25, 0.3) is 5.56 Å². The number of hydrogen-bond donors (Lipinski definition) is 0. The molecule has 4 rings (SSSR count). The Morgan fingerprint density at radius 1 is 1.23 bits per heavy atom. The van der Waals surface area contributed by atoms with E-state index in [1.54, 1.807) is 37.3 Å². The van der Waals surface area contributed by atoms with Crippen LogP contribution in [0, 0.1) is 18.3 Å². The number of rotatable bonds is 4. The van der Waals surface area contributed by atoms with Gasteiger partial charge in [0, 0.05) is 5.02 Å². The number of nitriles is 1. The van der Waals surface area contributed by atoms with Gasteiger partial charge in [0.05, 0.1) is 29.9 Å². The molecule has 0 aliphatic carbocycles. The number of ether oxygens (including phenoxy) is 1. The maximum absolute atomic E-state index is 13.0. The Morgan fingerprint density at radius 2 is 1.97 bits per heavy atom. The van der Waals surface area contributed by atoms with E-state index in [2.05, 4.69) is 4.98 Å². The van der Waals surface area contributed by atoms with Crippen molar-refractivity contribution in [2.75, 3.05) is 0 Å². The summed E-state index contributed by atoms with van der Waals surface area (Å²) in [6.45, 7) is 1.98. The van der Waals surface area contributed by atoms with Gasteiger partial charge in [-0.15, -0.1) is 11.3 Å². The van der Waals surface area contributed by atoms with Crippen LogP contribution in [0.1, 0.15) is 26.4 Å². The van der Waals surface area contributed by atoms with Crippen molar-refractivity contribution in [2.45, 2.75) is 13.5 Å². The number of thiophene rings is 1. The van der Waals surface area contributed by atoms with Crippen LogP contribution in [-0.4, -0.2) is 15.5 Å². The van der Waals surface area contributed by atoms with Gasteiger partial charge in [0.2, 0.25) is 0 Å². The number of fused-ring (bicyclic) bond motifs is 1. The molecule has 0 unspecified atom stereocenters. The van der Waals surface area contributed by atoms with Crippen molar-refractivity contribution in [3.8, 4) is 11.8 Å². The maximum Gasteiger partial charge on any atom is 0.354 e. The molecule has 4 aromatic rings. The van der Waals surface area contributed by atoms with Crippen LogP contribution in [0.5, 0.6) is 5.75 Å². The van der Waals surface area contributed by atoms with Crippen LogP contribution in [0.4, 0.5) is 0 Å². The molecule has 0 N–H and O–H groups in total. The second-order valence-corrected chi connectivity index (χ2v) is 7.94. The highest BCUT2D eigenvalue weighted by Crippen LogP contribution is 2.28. The minimum absolute atomic E-state index is 0.244. The molecule has 148 valence electrons. The first kappa shape index (κ1) is 19.8. The third-order valence-corrected chi connectivity index (χ3v) is 6.14. The smallest absolute Gasteiger partial charge is 0.354 e. The SMILES string of the molecule is Cc1c(C(=O)Oc2ccc(C#N)cc2)sc2ncn(Cc3ccccc3Cl)c(=O)c12. The summed E-state index contributed by atoms with van der Waals surface area (Å²) in [5, 5.41) is 9.82. The van der Waals surface area contributed by atoms with Crippen LogP contribution >= 0.6 is 22.9 Å². The van der Waals surface area contributed by atoms with Crippen LogP contribution < -0.4 is 10.3 Å². The zero-order valence-electron chi connectivity index (χ0n) is 15.8. The zero-order chi connectivity index (χ0) is 21.3. The van der Waals surface area contributed by atoms with E-state index in [1.807, 2.05) is 24.3 Å². The Bertz CT molecular complexity index is 1370. The first-order valence-corrected chi connectivity index (χ1v) is 10.1. The quantitative estimate of drug-likeness (QED) is 0.346. The predicted octanol–water partition coefficient (Wildman–Crippen LogP) is 4.56. The van der Waals surface area contributed by atoms with E-state index in [4.69, 9.17) is 21.6 Å². The molecule has 8 heteroatoms. The van der Waals surface area contributed by atoms with E-state index in [9.17, 15) is 9.59 Å². The van der Waals surface area contributed by atoms with Crippen molar-refractivity contribution in [1.82, 2.24) is 9.55 Å². The highest BCUT2D eigenvalue weighted by Gasteiger charge is 2.21. The largest absolute Gasteiger partial charge is 0.422 e. The molecule has 6 nitrogen and oxygen atoms in total. The van der Waals surface area contributed by atoms with Crippen molar-refractivity contribution in [3.63, 3.8) is 0 Å². The molecule has 0 aliphatic heterocycles. The fourth-order valence-electron chi connectivity index (χ4n) is 3.03. The van der Waals surface area contributed by atoms with Crippen LogP contribution in [0.2, 0.25) is 5.02 Å². The second-order valence-electron chi connectivity index (χ2n) is 6.53. The molecule has 0 fully saturated rings. The summed E-state index contributed by atoms with van der Waals surface area (Å²) in [5.74, 6) is -0.253. The number of esters is 1. The van der Waals surface area contributed by atoms with E-state index in [0.29, 0.717) is 37.0 Å². The Labute approximate surface area is 180 Å². The molecule has 2 aromatic carbocycles. The summed E-state index contributed by atoms with van der Waals surface area (Å²) in [5.41, 5.74) is 1.55. The molecule has 0 atom stereocenters. The lowest BCUT2D eigenvalue weighted by molar-refractivity contribution is 0.0739. The number of benzene rings is 2. The summed E-state index contributed by atoms with van der Waals surface area (Å²) >= 11 is 7.32. The first-order valence-electron chi connectivity index (χ1n) is 8.92. The summed E-state index contributed by atoms with van der Waals surface area (Å²) < 4.78 is 6.87. The molecular weight excluding hydrogens is 422 g/mol. The summed E-state index contributed by atoms with van der Waals surface area (Å²) in [6, 6.07) is 15.5. The van der Waals surface area contributed by atoms with Crippen LogP contribution in [-0.2, 0) is 6.54 Å². The molecule has 0 spiro atoms. The fourth-order valence-corrected chi connectivity index (χ4v) is 4.24. The van der Waals surface area contributed by atoms with E-state index in [0.717, 1.165) is 16.9 Å². The second kappa shape index (κ2) is 8.11. The van der Waals surface area contributed by atoms with Crippen molar-refractivity contribution in [2.24, 2.45) is 0 Å². The number of aromatic nitrogens is 2. The van der Waals surface area contributed by atoms with Gasteiger partial charge in [-0.3, -0.25) is 9.36 Å². The molecule has 2 heterocycles. The molecular formula is C22H14ClN3O3S. The third kappa shape index (κ3) is 3.71. The number of nitrogens with zero attached hydrogens (tertiary/aromatic N) is 3. The molecule has 0 bridgehead atoms. The number of aryl methyl sites for hydroxylation is 1. The lowest BCUT2D eigenvalue weighted by Crippen LogP contribution is -2.21. The van der Waals surface area contributed by atoms with Gasteiger partial charge in [-0.05, 0) is 48.4 Å². The Hall–Kier alpha value is -3.47.